The Bertz CT molecular complexity index is 372. The molecule has 0 saturated heterocycles. The molecule has 1 N–H and O–H groups in total. The summed E-state index contributed by atoms with van der Waals surface area (Å²) in [5.41, 5.74) is 2.96. The smallest absolute Gasteiger partial charge is 0.00177 e. The maximum Gasteiger partial charge on any atom is -0.00177 e. The van der Waals surface area contributed by atoms with Crippen molar-refractivity contribution in [2.75, 3.05) is 13.6 Å². The Balaban J connectivity index is 2.18. The van der Waals surface area contributed by atoms with Gasteiger partial charge in [0.05, 0.1) is 0 Å². The first-order valence-corrected chi connectivity index (χ1v) is 7.45. The van der Waals surface area contributed by atoms with Crippen LogP contribution in [0.3, 0.4) is 0 Å². The molecule has 1 heteroatoms. The van der Waals surface area contributed by atoms with Crippen LogP contribution in [0.25, 0.3) is 0 Å². The van der Waals surface area contributed by atoms with E-state index in [0.29, 0.717) is 0 Å². The summed E-state index contributed by atoms with van der Waals surface area (Å²) in [7, 11) is 2.08. The van der Waals surface area contributed by atoms with E-state index in [-0.39, 0.29) is 0 Å². The van der Waals surface area contributed by atoms with Crippen molar-refractivity contribution in [2.45, 2.75) is 45.4 Å². The lowest BCUT2D eigenvalue weighted by Crippen LogP contribution is -2.30. The summed E-state index contributed by atoms with van der Waals surface area (Å²) in [4.78, 5) is 0. The van der Waals surface area contributed by atoms with Crippen molar-refractivity contribution in [3.63, 3.8) is 0 Å². The Kier molecular flexibility index (Phi) is 4.82. The first kappa shape index (κ1) is 13.6. The fourth-order valence-electron chi connectivity index (χ4n) is 3.51. The summed E-state index contributed by atoms with van der Waals surface area (Å²) in [6.45, 7) is 5.71. The molecule has 3 atom stereocenters. The maximum absolute atomic E-state index is 3.38. The van der Waals surface area contributed by atoms with E-state index in [2.05, 4.69) is 50.5 Å². The second-order valence-corrected chi connectivity index (χ2v) is 5.93. The predicted molar refractivity (Wildman–Crippen MR) is 79.0 cm³/mol. The lowest BCUT2D eigenvalue weighted by molar-refractivity contribution is 0.228. The lowest BCUT2D eigenvalue weighted by Gasteiger charge is -2.36. The highest BCUT2D eigenvalue weighted by molar-refractivity contribution is 5.26. The molecule has 3 unspecified atom stereocenters. The molecule has 1 aromatic carbocycles. The largest absolute Gasteiger partial charge is 0.319 e. The number of nitrogens with one attached hydrogen (secondary N) is 1. The van der Waals surface area contributed by atoms with Gasteiger partial charge in [0.1, 0.15) is 0 Å². The van der Waals surface area contributed by atoms with Crippen molar-refractivity contribution >= 4 is 0 Å². The van der Waals surface area contributed by atoms with E-state index in [0.717, 1.165) is 24.3 Å². The van der Waals surface area contributed by atoms with Gasteiger partial charge in [-0.05, 0) is 56.7 Å². The second kappa shape index (κ2) is 6.38. The van der Waals surface area contributed by atoms with Gasteiger partial charge in [-0.3, -0.25) is 0 Å². The number of hydrogen-bond donors (Lipinski definition) is 1. The van der Waals surface area contributed by atoms with E-state index in [1.165, 1.54) is 31.2 Å². The molecule has 2 rings (SSSR count). The van der Waals surface area contributed by atoms with Crippen LogP contribution in [-0.4, -0.2) is 13.6 Å². The van der Waals surface area contributed by atoms with Gasteiger partial charge in [0.15, 0.2) is 0 Å². The molecule has 0 radical (unpaired) electrons. The monoisotopic (exact) mass is 245 g/mol. The van der Waals surface area contributed by atoms with Crippen molar-refractivity contribution < 1.29 is 0 Å². The van der Waals surface area contributed by atoms with Gasteiger partial charge in [-0.1, -0.05) is 49.6 Å². The zero-order valence-corrected chi connectivity index (χ0v) is 12.1. The molecule has 1 aromatic rings. The minimum atomic E-state index is 0.760. The van der Waals surface area contributed by atoms with Crippen LogP contribution in [-0.2, 0) is 0 Å². The molecule has 1 saturated carbocycles. The number of rotatable bonds is 4. The quantitative estimate of drug-likeness (QED) is 0.841. The van der Waals surface area contributed by atoms with Gasteiger partial charge < -0.3 is 5.32 Å². The third-order valence-corrected chi connectivity index (χ3v) is 4.62. The van der Waals surface area contributed by atoms with E-state index >= 15 is 0 Å². The van der Waals surface area contributed by atoms with Crippen LogP contribution in [0.2, 0.25) is 0 Å². The van der Waals surface area contributed by atoms with E-state index in [4.69, 9.17) is 0 Å². The Morgan fingerprint density at radius 1 is 1.28 bits per heavy atom. The standard InChI is InChI=1S/C17H27N/c1-4-14-8-9-16(12-18-3)17(11-14)15-7-5-6-13(2)10-15/h5-7,10,14,16-18H,4,8-9,11-12H2,1-3H3. The zero-order valence-electron chi connectivity index (χ0n) is 12.1. The molecule has 1 fully saturated rings. The van der Waals surface area contributed by atoms with Crippen LogP contribution in [0.15, 0.2) is 24.3 Å². The highest BCUT2D eigenvalue weighted by Crippen LogP contribution is 2.41. The Morgan fingerprint density at radius 2 is 2.11 bits per heavy atom. The summed E-state index contributed by atoms with van der Waals surface area (Å²) >= 11 is 0. The van der Waals surface area contributed by atoms with Crippen LogP contribution >= 0.6 is 0 Å². The predicted octanol–water partition coefficient (Wildman–Crippen LogP) is 4.12. The summed E-state index contributed by atoms with van der Waals surface area (Å²) < 4.78 is 0. The first-order chi connectivity index (χ1) is 8.74. The molecule has 18 heavy (non-hydrogen) atoms. The molecule has 0 spiro atoms. The Labute approximate surface area is 112 Å². The molecular formula is C17H27N. The van der Waals surface area contributed by atoms with Gasteiger partial charge in [-0.25, -0.2) is 0 Å². The fourth-order valence-corrected chi connectivity index (χ4v) is 3.51. The normalized spacial score (nSPS) is 28.3. The van der Waals surface area contributed by atoms with Crippen molar-refractivity contribution in [3.05, 3.63) is 35.4 Å². The van der Waals surface area contributed by atoms with Gasteiger partial charge >= 0.3 is 0 Å². The summed E-state index contributed by atoms with van der Waals surface area (Å²) in [5.74, 6) is 2.51. The third kappa shape index (κ3) is 3.14. The first-order valence-electron chi connectivity index (χ1n) is 7.45. The van der Waals surface area contributed by atoms with Gasteiger partial charge in [0.2, 0.25) is 0 Å². The zero-order chi connectivity index (χ0) is 13.0. The number of hydrogen-bond acceptors (Lipinski definition) is 1. The molecule has 1 aliphatic carbocycles. The van der Waals surface area contributed by atoms with Gasteiger partial charge in [0.25, 0.3) is 0 Å². The number of aryl methyl sites for hydroxylation is 1. The molecule has 0 aliphatic heterocycles. The van der Waals surface area contributed by atoms with E-state index < -0.39 is 0 Å². The molecule has 0 aromatic heterocycles. The highest BCUT2D eigenvalue weighted by Gasteiger charge is 2.30. The summed E-state index contributed by atoms with van der Waals surface area (Å²) in [5, 5.41) is 3.38. The van der Waals surface area contributed by atoms with Crippen LogP contribution in [0.1, 0.15) is 49.7 Å². The maximum atomic E-state index is 3.38. The van der Waals surface area contributed by atoms with Gasteiger partial charge in [-0.2, -0.15) is 0 Å². The van der Waals surface area contributed by atoms with Crippen molar-refractivity contribution in [3.8, 4) is 0 Å². The minimum absolute atomic E-state index is 0.760. The van der Waals surface area contributed by atoms with Gasteiger partial charge in [-0.15, -0.1) is 0 Å². The molecular weight excluding hydrogens is 218 g/mol. The van der Waals surface area contributed by atoms with Crippen LogP contribution < -0.4 is 5.32 Å². The average Bonchev–Trinajstić information content (AvgIpc) is 2.39. The highest BCUT2D eigenvalue weighted by atomic mass is 14.8. The second-order valence-electron chi connectivity index (χ2n) is 5.93. The van der Waals surface area contributed by atoms with Crippen molar-refractivity contribution in [1.29, 1.82) is 0 Å². The van der Waals surface area contributed by atoms with Crippen LogP contribution in [0, 0.1) is 18.8 Å². The molecule has 0 amide bonds. The van der Waals surface area contributed by atoms with Gasteiger partial charge in [0, 0.05) is 0 Å². The molecule has 0 heterocycles. The summed E-state index contributed by atoms with van der Waals surface area (Å²) in [6.07, 6.45) is 5.53. The average molecular weight is 245 g/mol. The SMILES string of the molecule is CCC1CCC(CNC)C(c2cccc(C)c2)C1. The fraction of sp³-hybridized carbons (Fsp3) is 0.647. The van der Waals surface area contributed by atoms with Crippen molar-refractivity contribution in [2.24, 2.45) is 11.8 Å². The Morgan fingerprint density at radius 3 is 2.78 bits per heavy atom. The molecule has 100 valence electrons. The molecule has 1 aliphatic rings. The van der Waals surface area contributed by atoms with E-state index in [9.17, 15) is 0 Å². The molecule has 0 bridgehead atoms. The van der Waals surface area contributed by atoms with E-state index in [1.807, 2.05) is 0 Å². The Hall–Kier alpha value is -0.820. The lowest BCUT2D eigenvalue weighted by atomic mass is 9.70. The van der Waals surface area contributed by atoms with Crippen LogP contribution in [0.4, 0.5) is 0 Å². The topological polar surface area (TPSA) is 12.0 Å². The summed E-state index contributed by atoms with van der Waals surface area (Å²) in [6, 6.07) is 9.15. The van der Waals surface area contributed by atoms with Crippen molar-refractivity contribution in [1.82, 2.24) is 5.32 Å². The molecule has 1 nitrogen and oxygen atoms in total. The van der Waals surface area contributed by atoms with E-state index in [1.54, 1.807) is 5.56 Å². The third-order valence-electron chi connectivity index (χ3n) is 4.62. The number of benzene rings is 1. The van der Waals surface area contributed by atoms with Crippen LogP contribution in [0.5, 0.6) is 0 Å². The minimum Gasteiger partial charge on any atom is -0.319 e.